The number of carbonyl (C=O) groups excluding carboxylic acids is 3. The van der Waals surface area contributed by atoms with Crippen molar-refractivity contribution in [2.45, 2.75) is 0 Å². The predicted octanol–water partition coefficient (Wildman–Crippen LogP) is 3.28. The number of carbonyl (C=O) groups is 3. The van der Waals surface area contributed by atoms with Gasteiger partial charge in [-0.05, 0) is 30.0 Å². The zero-order valence-electron chi connectivity index (χ0n) is 15.2. The second-order valence-electron chi connectivity index (χ2n) is 5.84. The number of nitro groups is 1. The number of methoxy groups -OCH3 is 1. The second kappa shape index (κ2) is 8.57. The van der Waals surface area contributed by atoms with E-state index in [1.54, 1.807) is 30.3 Å². The minimum atomic E-state index is -0.656. The van der Waals surface area contributed by atoms with Crippen molar-refractivity contribution in [3.05, 3.63) is 69.1 Å². The molecule has 3 amide bonds. The SMILES string of the molecule is COc1c(/C=C2\SC(=O)N(CC(=O)Nc3ccccc3)C2=O)cccc1[N+](=O)[O-]. The summed E-state index contributed by atoms with van der Waals surface area (Å²) in [7, 11) is 1.28. The molecule has 0 spiro atoms. The first-order valence-electron chi connectivity index (χ1n) is 8.32. The van der Waals surface area contributed by atoms with Gasteiger partial charge in [-0.2, -0.15) is 0 Å². The van der Waals surface area contributed by atoms with Crippen molar-refractivity contribution in [1.29, 1.82) is 0 Å². The highest BCUT2D eigenvalue weighted by atomic mass is 32.2. The number of nitrogens with zero attached hydrogens (tertiary/aromatic N) is 2. The molecule has 1 fully saturated rings. The van der Waals surface area contributed by atoms with Crippen molar-refractivity contribution < 1.29 is 24.0 Å². The van der Waals surface area contributed by atoms with Crippen molar-refractivity contribution in [3.63, 3.8) is 0 Å². The lowest BCUT2D eigenvalue weighted by molar-refractivity contribution is -0.385. The van der Waals surface area contributed by atoms with Gasteiger partial charge in [0.25, 0.3) is 11.1 Å². The topological polar surface area (TPSA) is 119 Å². The Morgan fingerprint density at radius 3 is 2.59 bits per heavy atom. The first-order valence-corrected chi connectivity index (χ1v) is 9.14. The van der Waals surface area contributed by atoms with Gasteiger partial charge in [0, 0.05) is 17.3 Å². The Hall–Kier alpha value is -3.66. The van der Waals surface area contributed by atoms with Crippen molar-refractivity contribution in [1.82, 2.24) is 4.90 Å². The molecule has 1 aliphatic heterocycles. The number of anilines is 1. The Labute approximate surface area is 169 Å². The van der Waals surface area contributed by atoms with E-state index in [-0.39, 0.29) is 21.9 Å². The molecule has 29 heavy (non-hydrogen) atoms. The van der Waals surface area contributed by atoms with Crippen LogP contribution in [0.4, 0.5) is 16.2 Å². The van der Waals surface area contributed by atoms with E-state index in [2.05, 4.69) is 5.32 Å². The molecule has 0 unspecified atom stereocenters. The van der Waals surface area contributed by atoms with E-state index in [4.69, 9.17) is 4.74 Å². The molecule has 1 aliphatic rings. The van der Waals surface area contributed by atoms with Gasteiger partial charge >= 0.3 is 5.69 Å². The van der Waals surface area contributed by atoms with Crippen molar-refractivity contribution in [3.8, 4) is 5.75 Å². The number of rotatable bonds is 6. The minimum Gasteiger partial charge on any atom is -0.490 e. The van der Waals surface area contributed by atoms with Crippen LogP contribution in [0.1, 0.15) is 5.56 Å². The zero-order valence-corrected chi connectivity index (χ0v) is 16.0. The highest BCUT2D eigenvalue weighted by Gasteiger charge is 2.36. The van der Waals surface area contributed by atoms with Gasteiger partial charge < -0.3 is 10.1 Å². The van der Waals surface area contributed by atoms with E-state index < -0.39 is 28.5 Å². The molecule has 10 heteroatoms. The van der Waals surface area contributed by atoms with E-state index in [1.165, 1.54) is 31.4 Å². The summed E-state index contributed by atoms with van der Waals surface area (Å²) in [6, 6.07) is 12.9. The molecule has 9 nitrogen and oxygen atoms in total. The van der Waals surface area contributed by atoms with Crippen LogP contribution < -0.4 is 10.1 Å². The third-order valence-electron chi connectivity index (χ3n) is 3.94. The number of para-hydroxylation sites is 2. The third-order valence-corrected chi connectivity index (χ3v) is 4.85. The summed E-state index contributed by atoms with van der Waals surface area (Å²) in [5.74, 6) is -1.20. The first-order chi connectivity index (χ1) is 13.9. The van der Waals surface area contributed by atoms with E-state index in [1.807, 2.05) is 0 Å². The van der Waals surface area contributed by atoms with E-state index in [0.29, 0.717) is 17.4 Å². The largest absolute Gasteiger partial charge is 0.490 e. The molecule has 3 rings (SSSR count). The van der Waals surface area contributed by atoms with Crippen molar-refractivity contribution in [2.75, 3.05) is 19.0 Å². The molecule has 0 atom stereocenters. The molecule has 1 heterocycles. The summed E-state index contributed by atoms with van der Waals surface area (Å²) in [4.78, 5) is 48.4. The highest BCUT2D eigenvalue weighted by Crippen LogP contribution is 2.37. The molecular formula is C19H15N3O6S. The van der Waals surface area contributed by atoms with E-state index in [0.717, 1.165) is 4.90 Å². The first kappa shape index (κ1) is 20.1. The molecule has 0 radical (unpaired) electrons. The average molecular weight is 413 g/mol. The summed E-state index contributed by atoms with van der Waals surface area (Å²) < 4.78 is 5.10. The highest BCUT2D eigenvalue weighted by molar-refractivity contribution is 8.18. The normalized spacial score (nSPS) is 14.9. The maximum Gasteiger partial charge on any atom is 0.311 e. The van der Waals surface area contributed by atoms with Gasteiger partial charge in [-0.25, -0.2) is 0 Å². The molecular weight excluding hydrogens is 398 g/mol. The average Bonchev–Trinajstić information content (AvgIpc) is 2.95. The molecule has 0 bridgehead atoms. The number of ether oxygens (including phenoxy) is 1. The van der Waals surface area contributed by atoms with E-state index in [9.17, 15) is 24.5 Å². The monoisotopic (exact) mass is 413 g/mol. The molecule has 1 N–H and O–H groups in total. The molecule has 0 aliphatic carbocycles. The van der Waals surface area contributed by atoms with Crippen LogP contribution in [0.3, 0.4) is 0 Å². The predicted molar refractivity (Wildman–Crippen MR) is 107 cm³/mol. The van der Waals surface area contributed by atoms with Crippen molar-refractivity contribution >= 4 is 46.3 Å². The summed E-state index contributed by atoms with van der Waals surface area (Å²) in [6.07, 6.45) is 1.34. The van der Waals surface area contributed by atoms with Crippen LogP contribution in [0.5, 0.6) is 5.75 Å². The van der Waals surface area contributed by atoms with Gasteiger partial charge in [0.1, 0.15) is 6.54 Å². The Bertz CT molecular complexity index is 1020. The number of nitro benzene ring substituents is 1. The second-order valence-corrected chi connectivity index (χ2v) is 6.83. The summed E-state index contributed by atoms with van der Waals surface area (Å²) in [5.41, 5.74) is 0.560. The lowest BCUT2D eigenvalue weighted by Crippen LogP contribution is -2.36. The summed E-state index contributed by atoms with van der Waals surface area (Å²) >= 11 is 0.651. The fourth-order valence-corrected chi connectivity index (χ4v) is 3.49. The minimum absolute atomic E-state index is 0.0221. The standard InChI is InChI=1S/C19H15N3O6S/c1-28-17-12(6-5-9-14(17)22(26)27)10-15-18(24)21(19(25)29-15)11-16(23)20-13-7-3-2-4-8-13/h2-10H,11H2,1H3,(H,20,23)/b15-10-. The van der Waals surface area contributed by atoms with Gasteiger partial charge in [0.05, 0.1) is 16.9 Å². The van der Waals surface area contributed by atoms with Crippen LogP contribution in [-0.4, -0.2) is 40.5 Å². The molecule has 2 aromatic carbocycles. The van der Waals surface area contributed by atoms with Crippen LogP contribution in [-0.2, 0) is 9.59 Å². The molecule has 0 saturated carbocycles. The summed E-state index contributed by atoms with van der Waals surface area (Å²) in [5, 5.41) is 13.1. The Morgan fingerprint density at radius 2 is 1.93 bits per heavy atom. The number of nitrogens with one attached hydrogen (secondary N) is 1. The number of benzene rings is 2. The van der Waals surface area contributed by atoms with Crippen LogP contribution in [0.25, 0.3) is 6.08 Å². The third kappa shape index (κ3) is 4.43. The van der Waals surface area contributed by atoms with E-state index >= 15 is 0 Å². The maximum absolute atomic E-state index is 12.6. The number of hydrogen-bond acceptors (Lipinski definition) is 7. The quantitative estimate of drug-likeness (QED) is 0.438. The Balaban J connectivity index is 1.79. The van der Waals surface area contributed by atoms with Crippen LogP contribution in [0.2, 0.25) is 0 Å². The van der Waals surface area contributed by atoms with Crippen LogP contribution >= 0.6 is 11.8 Å². The van der Waals surface area contributed by atoms with Gasteiger partial charge in [-0.3, -0.25) is 29.4 Å². The number of amides is 3. The van der Waals surface area contributed by atoms with Gasteiger partial charge in [0.15, 0.2) is 0 Å². The molecule has 2 aromatic rings. The number of thioether (sulfide) groups is 1. The smallest absolute Gasteiger partial charge is 0.311 e. The zero-order chi connectivity index (χ0) is 21.0. The molecule has 0 aromatic heterocycles. The van der Waals surface area contributed by atoms with Crippen molar-refractivity contribution in [2.24, 2.45) is 0 Å². The lowest BCUT2D eigenvalue weighted by Gasteiger charge is -2.12. The molecule has 148 valence electrons. The number of imide groups is 1. The fraction of sp³-hybridized carbons (Fsp3) is 0.105. The Morgan fingerprint density at radius 1 is 1.21 bits per heavy atom. The summed E-state index contributed by atoms with van der Waals surface area (Å²) in [6.45, 7) is -0.441. The fourth-order valence-electron chi connectivity index (χ4n) is 2.67. The van der Waals surface area contributed by atoms with Gasteiger partial charge in [-0.15, -0.1) is 0 Å². The molecule has 1 saturated heterocycles. The number of hydrogen-bond donors (Lipinski definition) is 1. The van der Waals surface area contributed by atoms with Crippen LogP contribution in [0.15, 0.2) is 53.4 Å². The Kier molecular flexibility index (Phi) is 5.93. The maximum atomic E-state index is 12.6. The lowest BCUT2D eigenvalue weighted by atomic mass is 10.1. The van der Waals surface area contributed by atoms with Gasteiger partial charge in [-0.1, -0.05) is 30.3 Å². The van der Waals surface area contributed by atoms with Crippen LogP contribution in [0, 0.1) is 10.1 Å². The van der Waals surface area contributed by atoms with Gasteiger partial charge in [0.2, 0.25) is 11.7 Å².